The van der Waals surface area contributed by atoms with Crippen LogP contribution in [0, 0.1) is 12.8 Å². The number of rotatable bonds is 8. The van der Waals surface area contributed by atoms with E-state index < -0.39 is 0 Å². The van der Waals surface area contributed by atoms with Gasteiger partial charge in [-0.05, 0) is 60.4 Å². The zero-order valence-electron chi connectivity index (χ0n) is 23.6. The van der Waals surface area contributed by atoms with Crippen molar-refractivity contribution in [3.63, 3.8) is 0 Å². The zero-order valence-corrected chi connectivity index (χ0v) is 25.1. The molecule has 3 aromatic carbocycles. The number of ether oxygens (including phenoxy) is 1. The molecule has 0 fully saturated rings. The Morgan fingerprint density at radius 3 is 2.46 bits per heavy atom. The molecule has 1 N–H and O–H groups in total. The van der Waals surface area contributed by atoms with E-state index in [1.807, 2.05) is 74.5 Å². The fourth-order valence-electron chi connectivity index (χ4n) is 4.89. The lowest BCUT2D eigenvalue weighted by atomic mass is 9.96. The van der Waals surface area contributed by atoms with Crippen molar-refractivity contribution in [3.05, 3.63) is 94.5 Å². The van der Waals surface area contributed by atoms with E-state index in [1.54, 1.807) is 28.5 Å². The van der Waals surface area contributed by atoms with Gasteiger partial charge in [0.25, 0.3) is 0 Å². The number of benzene rings is 3. The minimum absolute atomic E-state index is 0.110. The molecule has 2 heterocycles. The molecule has 0 saturated heterocycles. The predicted molar refractivity (Wildman–Crippen MR) is 166 cm³/mol. The summed E-state index contributed by atoms with van der Waals surface area (Å²) in [7, 11) is 1.62. The van der Waals surface area contributed by atoms with Gasteiger partial charge in [-0.15, -0.1) is 11.8 Å². The summed E-state index contributed by atoms with van der Waals surface area (Å²) in [4.78, 5) is 28.6. The number of halogens is 1. The number of hydrogen-bond acceptors (Lipinski definition) is 5. The van der Waals surface area contributed by atoms with Gasteiger partial charge in [0.05, 0.1) is 29.5 Å². The number of thioether (sulfide) groups is 1. The van der Waals surface area contributed by atoms with E-state index in [2.05, 4.69) is 24.4 Å². The molecular formula is C32H33ClN4O3S. The van der Waals surface area contributed by atoms with E-state index in [-0.39, 0.29) is 35.3 Å². The van der Waals surface area contributed by atoms with Crippen molar-refractivity contribution in [2.24, 2.45) is 5.92 Å². The molecule has 0 radical (unpaired) electrons. The molecule has 1 aliphatic rings. The number of amides is 2. The van der Waals surface area contributed by atoms with E-state index in [0.29, 0.717) is 23.1 Å². The number of aryl methyl sites for hydroxylation is 1. The Morgan fingerprint density at radius 2 is 1.80 bits per heavy atom. The highest BCUT2D eigenvalue weighted by Crippen LogP contribution is 2.49. The first-order valence-electron chi connectivity index (χ1n) is 13.5. The largest absolute Gasteiger partial charge is 0.497 e. The predicted octanol–water partition coefficient (Wildman–Crippen LogP) is 6.45. The summed E-state index contributed by atoms with van der Waals surface area (Å²) >= 11 is 7.81. The van der Waals surface area contributed by atoms with Gasteiger partial charge in [-0.3, -0.25) is 14.5 Å². The molecule has 7 nitrogen and oxygen atoms in total. The van der Waals surface area contributed by atoms with Crippen molar-refractivity contribution < 1.29 is 14.3 Å². The standard InChI is InChI=1S/C32H33ClN4O3S/c1-20(2)17-34-27(38)18-36-28(39)19-41-31(26-8-6-5-7-21(26)3)29-30(22-9-11-23(33)12-10-22)35-37(32(29)36)24-13-15-25(40-4)16-14-24/h5-16,20,31H,17-19H2,1-4H3,(H,34,38). The topological polar surface area (TPSA) is 76.5 Å². The molecule has 0 aliphatic carbocycles. The number of carbonyl (C=O) groups is 2. The maximum Gasteiger partial charge on any atom is 0.240 e. The fourth-order valence-corrected chi connectivity index (χ4v) is 6.31. The number of methoxy groups -OCH3 is 1. The molecule has 0 bridgehead atoms. The summed E-state index contributed by atoms with van der Waals surface area (Å²) in [6.45, 7) is 6.57. The number of nitrogens with zero attached hydrogens (tertiary/aromatic N) is 3. The molecule has 1 aromatic heterocycles. The second kappa shape index (κ2) is 12.4. The first-order chi connectivity index (χ1) is 19.8. The lowest BCUT2D eigenvalue weighted by molar-refractivity contribution is -0.123. The number of aromatic nitrogens is 2. The number of anilines is 1. The molecule has 9 heteroatoms. The van der Waals surface area contributed by atoms with Gasteiger partial charge in [-0.25, -0.2) is 4.68 Å². The van der Waals surface area contributed by atoms with Crippen LogP contribution in [-0.2, 0) is 9.59 Å². The molecule has 2 amide bonds. The summed E-state index contributed by atoms with van der Waals surface area (Å²) in [5.41, 5.74) is 5.45. The van der Waals surface area contributed by atoms with Crippen LogP contribution in [0.5, 0.6) is 5.75 Å². The highest BCUT2D eigenvalue weighted by atomic mass is 35.5. The van der Waals surface area contributed by atoms with Crippen molar-refractivity contribution in [2.45, 2.75) is 26.0 Å². The zero-order chi connectivity index (χ0) is 29.1. The van der Waals surface area contributed by atoms with Crippen LogP contribution in [-0.4, -0.2) is 47.5 Å². The number of hydrogen-bond donors (Lipinski definition) is 1. The molecule has 212 valence electrons. The van der Waals surface area contributed by atoms with Crippen LogP contribution in [0.2, 0.25) is 5.02 Å². The lowest BCUT2D eigenvalue weighted by Gasteiger charge is -2.24. The summed E-state index contributed by atoms with van der Waals surface area (Å²) in [6, 6.07) is 23.3. The van der Waals surface area contributed by atoms with Crippen molar-refractivity contribution >= 4 is 41.0 Å². The van der Waals surface area contributed by atoms with E-state index in [0.717, 1.165) is 33.6 Å². The molecule has 1 aliphatic heterocycles. The highest BCUT2D eigenvalue weighted by molar-refractivity contribution is 8.00. The Hall–Kier alpha value is -3.75. The van der Waals surface area contributed by atoms with Crippen LogP contribution >= 0.6 is 23.4 Å². The lowest BCUT2D eigenvalue weighted by Crippen LogP contribution is -2.43. The molecule has 0 spiro atoms. The smallest absolute Gasteiger partial charge is 0.240 e. The highest BCUT2D eigenvalue weighted by Gasteiger charge is 2.38. The summed E-state index contributed by atoms with van der Waals surface area (Å²) < 4.78 is 7.17. The van der Waals surface area contributed by atoms with Gasteiger partial charge in [-0.2, -0.15) is 5.10 Å². The van der Waals surface area contributed by atoms with Gasteiger partial charge in [0.15, 0.2) is 0 Å². The summed E-state index contributed by atoms with van der Waals surface area (Å²) in [5, 5.41) is 8.52. The third-order valence-electron chi connectivity index (χ3n) is 7.00. The molecule has 1 atom stereocenters. The third kappa shape index (κ3) is 6.14. The Labute approximate surface area is 249 Å². The van der Waals surface area contributed by atoms with E-state index >= 15 is 0 Å². The van der Waals surface area contributed by atoms with E-state index in [9.17, 15) is 9.59 Å². The third-order valence-corrected chi connectivity index (χ3v) is 8.49. The van der Waals surface area contributed by atoms with Crippen molar-refractivity contribution in [2.75, 3.05) is 30.9 Å². The molecular weight excluding hydrogens is 556 g/mol. The van der Waals surface area contributed by atoms with Crippen LogP contribution in [0.3, 0.4) is 0 Å². The average molecular weight is 589 g/mol. The minimum atomic E-state index is -0.215. The quantitative estimate of drug-likeness (QED) is 0.256. The molecule has 41 heavy (non-hydrogen) atoms. The van der Waals surface area contributed by atoms with Gasteiger partial charge in [0.2, 0.25) is 11.8 Å². The maximum absolute atomic E-state index is 13.8. The maximum atomic E-state index is 13.8. The average Bonchev–Trinajstić information content (AvgIpc) is 3.29. The Bertz CT molecular complexity index is 1550. The minimum Gasteiger partial charge on any atom is -0.497 e. The fraction of sp³-hybridized carbons (Fsp3) is 0.281. The Balaban J connectivity index is 1.77. The molecule has 5 rings (SSSR count). The van der Waals surface area contributed by atoms with Gasteiger partial charge in [0.1, 0.15) is 18.1 Å². The van der Waals surface area contributed by atoms with Crippen LogP contribution < -0.4 is 15.0 Å². The van der Waals surface area contributed by atoms with Gasteiger partial charge in [-0.1, -0.05) is 61.8 Å². The second-order valence-corrected chi connectivity index (χ2v) is 12.0. The molecule has 1 unspecified atom stereocenters. The second-order valence-electron chi connectivity index (χ2n) is 10.4. The first kappa shape index (κ1) is 28.8. The SMILES string of the molecule is COc1ccc(-n2nc(-c3ccc(Cl)cc3)c3c2N(CC(=O)NCC(C)C)C(=O)CSC3c2ccccc2C)cc1. The van der Waals surface area contributed by atoms with Crippen LogP contribution in [0.4, 0.5) is 5.82 Å². The monoisotopic (exact) mass is 588 g/mol. The number of fused-ring (bicyclic) bond motifs is 1. The Morgan fingerprint density at radius 1 is 1.10 bits per heavy atom. The van der Waals surface area contributed by atoms with E-state index in [4.69, 9.17) is 21.4 Å². The van der Waals surface area contributed by atoms with Crippen molar-refractivity contribution in [1.29, 1.82) is 0 Å². The van der Waals surface area contributed by atoms with E-state index in [1.165, 1.54) is 0 Å². The van der Waals surface area contributed by atoms with Gasteiger partial charge < -0.3 is 10.1 Å². The summed E-state index contributed by atoms with van der Waals surface area (Å²) in [6.07, 6.45) is 0. The van der Waals surface area contributed by atoms with Crippen LogP contribution in [0.15, 0.2) is 72.8 Å². The first-order valence-corrected chi connectivity index (χ1v) is 15.0. The normalized spacial score (nSPS) is 15.0. The van der Waals surface area contributed by atoms with Crippen LogP contribution in [0.1, 0.15) is 35.8 Å². The van der Waals surface area contributed by atoms with Crippen molar-refractivity contribution in [3.8, 4) is 22.7 Å². The molecule has 0 saturated carbocycles. The van der Waals surface area contributed by atoms with Crippen LogP contribution in [0.25, 0.3) is 16.9 Å². The number of nitrogens with one attached hydrogen (secondary N) is 1. The molecule has 4 aromatic rings. The van der Waals surface area contributed by atoms with Gasteiger partial charge in [0, 0.05) is 22.7 Å². The summed E-state index contributed by atoms with van der Waals surface area (Å²) in [5.74, 6) is 1.43. The Kier molecular flexibility index (Phi) is 8.71. The van der Waals surface area contributed by atoms with Gasteiger partial charge >= 0.3 is 0 Å². The van der Waals surface area contributed by atoms with Crippen molar-refractivity contribution in [1.82, 2.24) is 15.1 Å². The number of carbonyl (C=O) groups excluding carboxylic acids is 2.